The Bertz CT molecular complexity index is 1080. The molecule has 0 unspecified atom stereocenters. The standard InChI is InChI=1S/C22H17ClN4S/c23-20-14-8-7-13-19(20)15-24-27-21(18-11-5-2-6-12-18)25-26-22(27)28-16-17-9-3-1-4-10-17/h1-15H,16H2. The van der Waals surface area contributed by atoms with Crippen LogP contribution in [-0.2, 0) is 5.75 Å². The van der Waals surface area contributed by atoms with Gasteiger partial charge in [0.2, 0.25) is 5.16 Å². The van der Waals surface area contributed by atoms with Crippen LogP contribution in [-0.4, -0.2) is 21.1 Å². The molecule has 0 radical (unpaired) electrons. The Morgan fingerprint density at radius 3 is 2.29 bits per heavy atom. The lowest BCUT2D eigenvalue weighted by molar-refractivity contribution is 0.772. The fraction of sp³-hybridized carbons (Fsp3) is 0.0455. The molecule has 0 saturated carbocycles. The smallest absolute Gasteiger partial charge is 0.187 e. The van der Waals surface area contributed by atoms with E-state index in [1.165, 1.54) is 5.56 Å². The lowest BCUT2D eigenvalue weighted by Gasteiger charge is -2.05. The van der Waals surface area contributed by atoms with Gasteiger partial charge >= 0.3 is 0 Å². The Balaban J connectivity index is 1.68. The van der Waals surface area contributed by atoms with Gasteiger partial charge in [-0.2, -0.15) is 9.78 Å². The molecule has 1 aromatic heterocycles. The predicted octanol–water partition coefficient (Wildman–Crippen LogP) is 5.77. The summed E-state index contributed by atoms with van der Waals surface area (Å²) in [6.07, 6.45) is 1.74. The lowest BCUT2D eigenvalue weighted by Crippen LogP contribution is -1.97. The Morgan fingerprint density at radius 1 is 0.857 bits per heavy atom. The predicted molar refractivity (Wildman–Crippen MR) is 116 cm³/mol. The fourth-order valence-corrected chi connectivity index (χ4v) is 3.68. The van der Waals surface area contributed by atoms with Gasteiger partial charge in [0.25, 0.3) is 0 Å². The van der Waals surface area contributed by atoms with Crippen LogP contribution in [0.15, 0.2) is 95.2 Å². The molecule has 0 saturated heterocycles. The molecule has 0 fully saturated rings. The van der Waals surface area contributed by atoms with E-state index in [4.69, 9.17) is 11.6 Å². The highest BCUT2D eigenvalue weighted by molar-refractivity contribution is 7.98. The quantitative estimate of drug-likeness (QED) is 0.302. The highest BCUT2D eigenvalue weighted by Crippen LogP contribution is 2.26. The number of rotatable bonds is 6. The molecule has 4 aromatic rings. The van der Waals surface area contributed by atoms with Crippen LogP contribution in [0.3, 0.4) is 0 Å². The number of nitrogens with zero attached hydrogens (tertiary/aromatic N) is 4. The molecule has 0 aliphatic rings. The van der Waals surface area contributed by atoms with Gasteiger partial charge in [-0.25, -0.2) is 0 Å². The van der Waals surface area contributed by atoms with Gasteiger partial charge in [0.05, 0.1) is 6.21 Å². The van der Waals surface area contributed by atoms with Crippen molar-refractivity contribution < 1.29 is 0 Å². The molecule has 138 valence electrons. The molecule has 0 spiro atoms. The zero-order valence-corrected chi connectivity index (χ0v) is 16.5. The van der Waals surface area contributed by atoms with Crippen LogP contribution in [0.25, 0.3) is 11.4 Å². The average Bonchev–Trinajstić information content (AvgIpc) is 3.16. The van der Waals surface area contributed by atoms with Crippen LogP contribution < -0.4 is 0 Å². The largest absolute Gasteiger partial charge is 0.212 e. The summed E-state index contributed by atoms with van der Waals surface area (Å²) >= 11 is 7.86. The first-order chi connectivity index (χ1) is 13.8. The molecule has 1 heterocycles. The molecule has 6 heteroatoms. The van der Waals surface area contributed by atoms with Gasteiger partial charge in [-0.3, -0.25) is 0 Å². The fourth-order valence-electron chi connectivity index (χ4n) is 2.65. The number of aromatic nitrogens is 3. The van der Waals surface area contributed by atoms with Gasteiger partial charge in [0, 0.05) is 21.9 Å². The zero-order valence-electron chi connectivity index (χ0n) is 14.9. The van der Waals surface area contributed by atoms with Crippen molar-refractivity contribution in [2.75, 3.05) is 0 Å². The molecule has 0 atom stereocenters. The highest BCUT2D eigenvalue weighted by atomic mass is 35.5. The molecule has 0 N–H and O–H groups in total. The topological polar surface area (TPSA) is 43.1 Å². The maximum atomic E-state index is 6.27. The first-order valence-corrected chi connectivity index (χ1v) is 10.1. The molecule has 4 nitrogen and oxygen atoms in total. The molecule has 3 aromatic carbocycles. The van der Waals surface area contributed by atoms with Gasteiger partial charge in [0.1, 0.15) is 0 Å². The lowest BCUT2D eigenvalue weighted by atomic mass is 10.2. The van der Waals surface area contributed by atoms with E-state index in [0.29, 0.717) is 10.8 Å². The van der Waals surface area contributed by atoms with Crippen molar-refractivity contribution in [3.05, 3.63) is 101 Å². The summed E-state index contributed by atoms with van der Waals surface area (Å²) in [5.41, 5.74) is 3.02. The van der Waals surface area contributed by atoms with Crippen LogP contribution in [0.1, 0.15) is 11.1 Å². The van der Waals surface area contributed by atoms with E-state index in [0.717, 1.165) is 22.0 Å². The van der Waals surface area contributed by atoms with E-state index >= 15 is 0 Å². The molecule has 0 amide bonds. The second kappa shape index (κ2) is 8.87. The Labute approximate surface area is 172 Å². The summed E-state index contributed by atoms with van der Waals surface area (Å²) in [6.45, 7) is 0. The van der Waals surface area contributed by atoms with E-state index in [1.807, 2.05) is 72.8 Å². The number of hydrogen-bond acceptors (Lipinski definition) is 4. The Kier molecular flexibility index (Phi) is 5.85. The molecule has 0 aliphatic carbocycles. The normalized spacial score (nSPS) is 11.2. The van der Waals surface area contributed by atoms with E-state index in [9.17, 15) is 0 Å². The summed E-state index contributed by atoms with van der Waals surface area (Å²) in [4.78, 5) is 0. The first kappa shape index (κ1) is 18.5. The monoisotopic (exact) mass is 404 g/mol. The van der Waals surface area contributed by atoms with E-state index in [2.05, 4.69) is 27.4 Å². The van der Waals surface area contributed by atoms with Gasteiger partial charge in [-0.05, 0) is 11.6 Å². The third kappa shape index (κ3) is 4.32. The van der Waals surface area contributed by atoms with Crippen LogP contribution in [0.5, 0.6) is 0 Å². The second-order valence-electron chi connectivity index (χ2n) is 6.02. The number of thioether (sulfide) groups is 1. The van der Waals surface area contributed by atoms with Crippen molar-refractivity contribution in [3.8, 4) is 11.4 Å². The minimum atomic E-state index is 0.652. The first-order valence-electron chi connectivity index (χ1n) is 8.78. The number of benzene rings is 3. The minimum Gasteiger partial charge on any atom is -0.187 e. The summed E-state index contributed by atoms with van der Waals surface area (Å²) in [5, 5.41) is 14.8. The van der Waals surface area contributed by atoms with Crippen molar-refractivity contribution in [1.82, 2.24) is 14.9 Å². The molecular formula is C22H17ClN4S. The summed E-state index contributed by atoms with van der Waals surface area (Å²) in [7, 11) is 0. The Morgan fingerprint density at radius 2 is 1.54 bits per heavy atom. The SMILES string of the molecule is Clc1ccccc1C=Nn1c(SCc2ccccc2)nnc1-c1ccccc1. The zero-order chi connectivity index (χ0) is 19.2. The number of hydrogen-bond donors (Lipinski definition) is 0. The van der Waals surface area contributed by atoms with Crippen LogP contribution >= 0.6 is 23.4 Å². The minimum absolute atomic E-state index is 0.652. The maximum Gasteiger partial charge on any atom is 0.212 e. The molecule has 28 heavy (non-hydrogen) atoms. The van der Waals surface area contributed by atoms with Crippen LogP contribution in [0, 0.1) is 0 Å². The third-order valence-corrected chi connectivity index (χ3v) is 5.41. The van der Waals surface area contributed by atoms with Crippen LogP contribution in [0.2, 0.25) is 5.02 Å². The summed E-state index contributed by atoms with van der Waals surface area (Å²) in [6, 6.07) is 27.8. The molecule has 0 bridgehead atoms. The van der Waals surface area contributed by atoms with Crippen molar-refractivity contribution in [1.29, 1.82) is 0 Å². The van der Waals surface area contributed by atoms with E-state index in [1.54, 1.807) is 22.7 Å². The van der Waals surface area contributed by atoms with Crippen LogP contribution in [0.4, 0.5) is 0 Å². The Hall–Kier alpha value is -2.89. The molecule has 4 rings (SSSR count). The van der Waals surface area contributed by atoms with Crippen molar-refractivity contribution in [2.24, 2.45) is 5.10 Å². The van der Waals surface area contributed by atoms with Crippen molar-refractivity contribution in [3.63, 3.8) is 0 Å². The van der Waals surface area contributed by atoms with Gasteiger partial charge in [-0.1, -0.05) is 102 Å². The van der Waals surface area contributed by atoms with Crippen molar-refractivity contribution in [2.45, 2.75) is 10.9 Å². The van der Waals surface area contributed by atoms with Gasteiger partial charge < -0.3 is 0 Å². The van der Waals surface area contributed by atoms with E-state index in [-0.39, 0.29) is 0 Å². The molecular weight excluding hydrogens is 388 g/mol. The number of halogens is 1. The summed E-state index contributed by atoms with van der Waals surface area (Å²) < 4.78 is 1.77. The maximum absolute atomic E-state index is 6.27. The summed E-state index contributed by atoms with van der Waals surface area (Å²) in [5.74, 6) is 1.48. The average molecular weight is 405 g/mol. The van der Waals surface area contributed by atoms with Gasteiger partial charge in [-0.15, -0.1) is 10.2 Å². The molecule has 0 aliphatic heterocycles. The van der Waals surface area contributed by atoms with Gasteiger partial charge in [0.15, 0.2) is 5.82 Å². The highest BCUT2D eigenvalue weighted by Gasteiger charge is 2.14. The van der Waals surface area contributed by atoms with Crippen molar-refractivity contribution >= 4 is 29.6 Å². The van der Waals surface area contributed by atoms with E-state index < -0.39 is 0 Å². The third-order valence-electron chi connectivity index (χ3n) is 4.07. The second-order valence-corrected chi connectivity index (χ2v) is 7.37.